The minimum Gasteiger partial charge on any atom is -0.493 e. The number of amides is 1. The number of likely N-dealkylation sites (N-methyl/N-ethyl adjacent to an activating group) is 1. The van der Waals surface area contributed by atoms with Crippen LogP contribution in [0.25, 0.3) is 0 Å². The molecule has 0 bridgehead atoms. The number of likely N-dealkylation sites (tertiary alicyclic amines) is 1. The normalized spacial score (nSPS) is 30.0. The van der Waals surface area contributed by atoms with Gasteiger partial charge in [-0.1, -0.05) is 0 Å². The minimum absolute atomic E-state index is 0.0856. The molecule has 1 saturated heterocycles. The standard InChI is InChI=1S/C18H26N2O4/c1-20-7-6-18(5-4-12(21)10-15(18)20)11-8-13(17(19)22)16(24-3)14(9-11)23-2/h8-9,12,15,21H,4-7,10H2,1-3H3,(H2,19,22)/t12-,15-,18-/m0/s1. The molecule has 0 radical (unpaired) electrons. The molecule has 0 spiro atoms. The van der Waals surface area contributed by atoms with Gasteiger partial charge in [-0.2, -0.15) is 0 Å². The Hall–Kier alpha value is -1.79. The maximum absolute atomic E-state index is 11.9. The van der Waals surface area contributed by atoms with Gasteiger partial charge in [0.1, 0.15) is 0 Å². The summed E-state index contributed by atoms with van der Waals surface area (Å²) in [5.74, 6) is 0.378. The first kappa shape index (κ1) is 17.0. The largest absolute Gasteiger partial charge is 0.493 e. The number of aliphatic hydroxyl groups is 1. The molecule has 6 heteroatoms. The van der Waals surface area contributed by atoms with Crippen molar-refractivity contribution in [3.05, 3.63) is 23.3 Å². The summed E-state index contributed by atoms with van der Waals surface area (Å²) in [4.78, 5) is 14.2. The number of aliphatic hydroxyl groups excluding tert-OH is 1. The first-order chi connectivity index (χ1) is 11.4. The summed E-state index contributed by atoms with van der Waals surface area (Å²) in [5.41, 5.74) is 6.88. The van der Waals surface area contributed by atoms with E-state index in [4.69, 9.17) is 15.2 Å². The maximum atomic E-state index is 11.9. The van der Waals surface area contributed by atoms with E-state index in [0.29, 0.717) is 17.1 Å². The van der Waals surface area contributed by atoms with E-state index in [1.165, 1.54) is 7.11 Å². The fraction of sp³-hybridized carbons (Fsp3) is 0.611. The Morgan fingerprint density at radius 1 is 1.33 bits per heavy atom. The molecule has 1 heterocycles. The molecule has 0 aromatic heterocycles. The van der Waals surface area contributed by atoms with E-state index in [-0.39, 0.29) is 17.6 Å². The van der Waals surface area contributed by atoms with Crippen molar-refractivity contribution in [3.8, 4) is 11.5 Å². The Balaban J connectivity index is 2.14. The third-order valence-corrected chi connectivity index (χ3v) is 5.82. The number of nitrogens with two attached hydrogens (primary N) is 1. The van der Waals surface area contributed by atoms with Gasteiger partial charge >= 0.3 is 0 Å². The van der Waals surface area contributed by atoms with E-state index in [0.717, 1.165) is 37.8 Å². The van der Waals surface area contributed by atoms with Crippen LogP contribution in [0.2, 0.25) is 0 Å². The van der Waals surface area contributed by atoms with Crippen molar-refractivity contribution in [2.45, 2.75) is 43.2 Å². The number of rotatable bonds is 4. The second kappa shape index (κ2) is 6.26. The number of carbonyl (C=O) groups excluding carboxylic acids is 1. The molecular weight excluding hydrogens is 308 g/mol. The molecule has 1 aliphatic heterocycles. The molecule has 3 N–H and O–H groups in total. The molecule has 1 aromatic carbocycles. The molecule has 0 unspecified atom stereocenters. The lowest BCUT2D eigenvalue weighted by atomic mass is 9.65. The number of benzene rings is 1. The monoisotopic (exact) mass is 334 g/mol. The van der Waals surface area contributed by atoms with E-state index < -0.39 is 5.91 Å². The summed E-state index contributed by atoms with van der Waals surface area (Å²) in [6.07, 6.45) is 3.13. The SMILES string of the molecule is COc1cc([C@@]23CC[C@H](O)C[C@@H]2N(C)CC3)cc(C(N)=O)c1OC. The minimum atomic E-state index is -0.526. The van der Waals surface area contributed by atoms with Crippen LogP contribution >= 0.6 is 0 Å². The lowest BCUT2D eigenvalue weighted by molar-refractivity contribution is 0.0566. The third-order valence-electron chi connectivity index (χ3n) is 5.82. The maximum Gasteiger partial charge on any atom is 0.252 e. The number of ether oxygens (including phenoxy) is 2. The second-order valence-corrected chi connectivity index (χ2v) is 6.95. The van der Waals surface area contributed by atoms with Gasteiger partial charge in [0.2, 0.25) is 0 Å². The number of methoxy groups -OCH3 is 2. The first-order valence-corrected chi connectivity index (χ1v) is 8.37. The lowest BCUT2D eigenvalue weighted by Gasteiger charge is -2.43. The average molecular weight is 334 g/mol. The number of hydrogen-bond donors (Lipinski definition) is 2. The summed E-state index contributed by atoms with van der Waals surface area (Å²) in [6, 6.07) is 4.07. The molecule has 24 heavy (non-hydrogen) atoms. The van der Waals surface area contributed by atoms with Crippen LogP contribution < -0.4 is 15.2 Å². The summed E-state index contributed by atoms with van der Waals surface area (Å²) in [7, 11) is 5.17. The van der Waals surface area contributed by atoms with Crippen molar-refractivity contribution in [1.29, 1.82) is 0 Å². The molecule has 1 amide bonds. The molecule has 1 aliphatic carbocycles. The van der Waals surface area contributed by atoms with Crippen LogP contribution in [-0.4, -0.2) is 55.9 Å². The van der Waals surface area contributed by atoms with Crippen molar-refractivity contribution in [3.63, 3.8) is 0 Å². The Morgan fingerprint density at radius 3 is 2.71 bits per heavy atom. The van der Waals surface area contributed by atoms with Crippen molar-refractivity contribution < 1.29 is 19.4 Å². The van der Waals surface area contributed by atoms with Crippen LogP contribution in [0.1, 0.15) is 41.6 Å². The Morgan fingerprint density at radius 2 is 2.08 bits per heavy atom. The molecule has 3 atom stereocenters. The van der Waals surface area contributed by atoms with Gasteiger partial charge in [-0.05, 0) is 57.0 Å². The lowest BCUT2D eigenvalue weighted by Crippen LogP contribution is -2.47. The van der Waals surface area contributed by atoms with Crippen molar-refractivity contribution >= 4 is 5.91 Å². The van der Waals surface area contributed by atoms with Crippen molar-refractivity contribution in [2.75, 3.05) is 27.8 Å². The van der Waals surface area contributed by atoms with E-state index >= 15 is 0 Å². The zero-order chi connectivity index (χ0) is 17.5. The van der Waals surface area contributed by atoms with Crippen LogP contribution in [0.4, 0.5) is 0 Å². The van der Waals surface area contributed by atoms with E-state index in [1.54, 1.807) is 7.11 Å². The number of hydrogen-bond acceptors (Lipinski definition) is 5. The van der Waals surface area contributed by atoms with Crippen LogP contribution in [0.15, 0.2) is 12.1 Å². The molecule has 2 aliphatic rings. The smallest absolute Gasteiger partial charge is 0.252 e. The molecule has 1 saturated carbocycles. The Bertz CT molecular complexity index is 648. The first-order valence-electron chi connectivity index (χ1n) is 8.37. The van der Waals surface area contributed by atoms with Gasteiger partial charge in [0.05, 0.1) is 25.9 Å². The van der Waals surface area contributed by atoms with Gasteiger partial charge in [0, 0.05) is 11.5 Å². The number of carbonyl (C=O) groups is 1. The quantitative estimate of drug-likeness (QED) is 0.867. The van der Waals surface area contributed by atoms with Crippen molar-refractivity contribution in [1.82, 2.24) is 4.90 Å². The van der Waals surface area contributed by atoms with Crippen molar-refractivity contribution in [2.24, 2.45) is 5.73 Å². The Kier molecular flexibility index (Phi) is 4.44. The molecule has 132 valence electrons. The predicted molar refractivity (Wildman–Crippen MR) is 90.6 cm³/mol. The van der Waals surface area contributed by atoms with Crippen LogP contribution in [0.3, 0.4) is 0 Å². The summed E-state index contributed by atoms with van der Waals surface area (Å²) < 4.78 is 10.8. The van der Waals surface area contributed by atoms with Gasteiger partial charge in [0.25, 0.3) is 5.91 Å². The van der Waals surface area contributed by atoms with Gasteiger partial charge in [-0.25, -0.2) is 0 Å². The highest BCUT2D eigenvalue weighted by molar-refractivity contribution is 5.97. The molecule has 2 fully saturated rings. The van der Waals surface area contributed by atoms with Gasteiger partial charge in [0.15, 0.2) is 11.5 Å². The van der Waals surface area contributed by atoms with E-state index in [2.05, 4.69) is 11.9 Å². The van der Waals surface area contributed by atoms with Gasteiger partial charge < -0.3 is 25.2 Å². The Labute approximate surface area is 142 Å². The fourth-order valence-electron chi connectivity index (χ4n) is 4.53. The second-order valence-electron chi connectivity index (χ2n) is 6.95. The number of primary amides is 1. The van der Waals surface area contributed by atoms with Gasteiger partial charge in [-0.15, -0.1) is 0 Å². The highest BCUT2D eigenvalue weighted by atomic mass is 16.5. The van der Waals surface area contributed by atoms with Gasteiger partial charge in [-0.3, -0.25) is 4.79 Å². The molecule has 1 aromatic rings. The van der Waals surface area contributed by atoms with E-state index in [9.17, 15) is 9.90 Å². The summed E-state index contributed by atoms with van der Waals surface area (Å²) in [5, 5.41) is 10.1. The molecule has 3 rings (SSSR count). The van der Waals surface area contributed by atoms with E-state index in [1.807, 2.05) is 12.1 Å². The summed E-state index contributed by atoms with van der Waals surface area (Å²) >= 11 is 0. The molecule has 6 nitrogen and oxygen atoms in total. The topological polar surface area (TPSA) is 85.0 Å². The van der Waals surface area contributed by atoms with Crippen LogP contribution in [0.5, 0.6) is 11.5 Å². The highest BCUT2D eigenvalue weighted by Gasteiger charge is 2.50. The highest BCUT2D eigenvalue weighted by Crippen LogP contribution is 2.50. The predicted octanol–water partition coefficient (Wildman–Crippen LogP) is 1.29. The fourth-order valence-corrected chi connectivity index (χ4v) is 4.53. The average Bonchev–Trinajstić information content (AvgIpc) is 2.91. The zero-order valence-electron chi connectivity index (χ0n) is 14.5. The zero-order valence-corrected chi connectivity index (χ0v) is 14.5. The molecular formula is C18H26N2O4. The number of nitrogens with zero attached hydrogens (tertiary/aromatic N) is 1. The third kappa shape index (κ3) is 2.54. The summed E-state index contributed by atoms with van der Waals surface area (Å²) in [6.45, 7) is 0.970. The number of fused-ring (bicyclic) bond motifs is 1. The van der Waals surface area contributed by atoms with Crippen LogP contribution in [-0.2, 0) is 5.41 Å². The van der Waals surface area contributed by atoms with Crippen LogP contribution in [0, 0.1) is 0 Å².